The van der Waals surface area contributed by atoms with E-state index in [1.807, 2.05) is 6.20 Å². The average molecular weight is 248 g/mol. The number of nitrogens with one attached hydrogen (secondary N) is 2. The topological polar surface area (TPSA) is 83.8 Å². The molecule has 88 valence electrons. The van der Waals surface area contributed by atoms with Gasteiger partial charge in [-0.25, -0.2) is 0 Å². The van der Waals surface area contributed by atoms with Crippen molar-refractivity contribution < 1.29 is 4.79 Å². The Morgan fingerprint density at radius 2 is 2.41 bits per heavy atom. The molecule has 0 aliphatic heterocycles. The second-order valence-electron chi connectivity index (χ2n) is 3.99. The van der Waals surface area contributed by atoms with Gasteiger partial charge in [0.1, 0.15) is 5.00 Å². The third-order valence-electron chi connectivity index (χ3n) is 3.07. The quantitative estimate of drug-likeness (QED) is 0.750. The van der Waals surface area contributed by atoms with Gasteiger partial charge in [0.05, 0.1) is 11.8 Å². The van der Waals surface area contributed by atoms with E-state index in [4.69, 9.17) is 5.73 Å². The van der Waals surface area contributed by atoms with Gasteiger partial charge in [-0.15, -0.1) is 11.3 Å². The molecule has 0 fully saturated rings. The maximum Gasteiger partial charge on any atom is 0.251 e. The van der Waals surface area contributed by atoms with Gasteiger partial charge in [-0.2, -0.15) is 5.10 Å². The fourth-order valence-corrected chi connectivity index (χ4v) is 3.55. The van der Waals surface area contributed by atoms with E-state index in [9.17, 15) is 4.79 Å². The van der Waals surface area contributed by atoms with E-state index in [1.54, 1.807) is 18.4 Å². The number of hydrogen-bond donors (Lipinski definition) is 3. The smallest absolute Gasteiger partial charge is 0.251 e. The van der Waals surface area contributed by atoms with Gasteiger partial charge in [0, 0.05) is 23.2 Å². The summed E-state index contributed by atoms with van der Waals surface area (Å²) in [7, 11) is 1.81. The maximum atomic E-state index is 11.5. The van der Waals surface area contributed by atoms with Crippen LogP contribution in [-0.2, 0) is 12.8 Å². The zero-order chi connectivity index (χ0) is 12.0. The molecule has 1 amide bonds. The number of carbonyl (C=O) groups excluding carboxylic acids is 1. The van der Waals surface area contributed by atoms with E-state index in [1.165, 1.54) is 0 Å². The van der Waals surface area contributed by atoms with Gasteiger partial charge in [-0.05, 0) is 18.4 Å². The number of amides is 1. The lowest BCUT2D eigenvalue weighted by Crippen LogP contribution is -2.15. The summed E-state index contributed by atoms with van der Waals surface area (Å²) < 4.78 is 0. The van der Waals surface area contributed by atoms with Crippen molar-refractivity contribution in [2.24, 2.45) is 5.73 Å². The first-order valence-electron chi connectivity index (χ1n) is 5.38. The second-order valence-corrected chi connectivity index (χ2v) is 5.01. The molecule has 2 aromatic heterocycles. The van der Waals surface area contributed by atoms with E-state index in [0.29, 0.717) is 5.56 Å². The Morgan fingerprint density at radius 3 is 3.12 bits per heavy atom. The van der Waals surface area contributed by atoms with Crippen molar-refractivity contribution in [2.75, 3.05) is 12.4 Å². The molecule has 4 N–H and O–H groups in total. The van der Waals surface area contributed by atoms with E-state index in [0.717, 1.165) is 39.5 Å². The predicted molar refractivity (Wildman–Crippen MR) is 67.4 cm³/mol. The minimum atomic E-state index is -0.362. The van der Waals surface area contributed by atoms with Crippen molar-refractivity contribution in [3.63, 3.8) is 0 Å². The zero-order valence-corrected chi connectivity index (χ0v) is 10.1. The van der Waals surface area contributed by atoms with Crippen LogP contribution in [0.5, 0.6) is 0 Å². The number of nitrogens with two attached hydrogens (primary N) is 1. The number of carbonyl (C=O) groups is 1. The van der Waals surface area contributed by atoms with Gasteiger partial charge in [0.2, 0.25) is 0 Å². The minimum Gasteiger partial charge on any atom is -0.379 e. The number of nitrogens with zero attached hydrogens (tertiary/aromatic N) is 1. The Labute approximate surface area is 102 Å². The molecule has 17 heavy (non-hydrogen) atoms. The molecule has 1 aliphatic carbocycles. The van der Waals surface area contributed by atoms with Crippen LogP contribution in [0.3, 0.4) is 0 Å². The second kappa shape index (κ2) is 3.59. The number of H-pyrrole nitrogens is 1. The highest BCUT2D eigenvalue weighted by Crippen LogP contribution is 2.44. The lowest BCUT2D eigenvalue weighted by molar-refractivity contribution is 0.100. The number of thiophene rings is 1. The molecule has 0 saturated heterocycles. The lowest BCUT2D eigenvalue weighted by atomic mass is 9.94. The van der Waals surface area contributed by atoms with Crippen LogP contribution >= 0.6 is 11.3 Å². The summed E-state index contributed by atoms with van der Waals surface area (Å²) in [6.07, 6.45) is 3.53. The van der Waals surface area contributed by atoms with Crippen molar-refractivity contribution >= 4 is 22.2 Å². The van der Waals surface area contributed by atoms with E-state index in [-0.39, 0.29) is 5.91 Å². The van der Waals surface area contributed by atoms with Gasteiger partial charge in [0.15, 0.2) is 0 Å². The molecule has 0 atom stereocenters. The van der Waals surface area contributed by atoms with Crippen LogP contribution in [0.4, 0.5) is 5.00 Å². The Hall–Kier alpha value is -1.82. The van der Waals surface area contributed by atoms with Crippen LogP contribution < -0.4 is 11.1 Å². The van der Waals surface area contributed by atoms with Crippen molar-refractivity contribution in [1.82, 2.24) is 10.2 Å². The third kappa shape index (κ3) is 1.37. The number of aryl methyl sites for hydroxylation is 1. The van der Waals surface area contributed by atoms with E-state index >= 15 is 0 Å². The molecule has 6 heteroatoms. The summed E-state index contributed by atoms with van der Waals surface area (Å²) in [6, 6.07) is 0. The Balaban J connectivity index is 2.27. The highest BCUT2D eigenvalue weighted by molar-refractivity contribution is 7.20. The average Bonchev–Trinajstić information content (AvgIpc) is 2.91. The first-order valence-corrected chi connectivity index (χ1v) is 6.20. The molecule has 2 aromatic rings. The van der Waals surface area contributed by atoms with E-state index < -0.39 is 0 Å². The highest BCUT2D eigenvalue weighted by Gasteiger charge is 2.27. The molecule has 0 unspecified atom stereocenters. The fourth-order valence-electron chi connectivity index (χ4n) is 2.31. The highest BCUT2D eigenvalue weighted by atomic mass is 32.1. The van der Waals surface area contributed by atoms with Gasteiger partial charge < -0.3 is 11.1 Å². The lowest BCUT2D eigenvalue weighted by Gasteiger charge is -2.11. The summed E-state index contributed by atoms with van der Waals surface area (Å²) in [4.78, 5) is 12.6. The molecular weight excluding hydrogens is 236 g/mol. The standard InChI is InChI=1S/C11H12N4OS/c1-13-11-8(10(12)16)5-2-3-7-6(4-14-15-7)9(5)17-11/h4,13H,2-3H2,1H3,(H2,12,16)(H,14,15). The van der Waals surface area contributed by atoms with Crippen molar-refractivity contribution in [2.45, 2.75) is 12.8 Å². The molecule has 0 saturated carbocycles. The Bertz CT molecular complexity index is 599. The monoisotopic (exact) mass is 248 g/mol. The van der Waals surface area contributed by atoms with Gasteiger partial charge >= 0.3 is 0 Å². The Kier molecular flexibility index (Phi) is 2.19. The van der Waals surface area contributed by atoms with Gasteiger partial charge in [0.25, 0.3) is 5.91 Å². The largest absolute Gasteiger partial charge is 0.379 e. The molecular formula is C11H12N4OS. The first-order chi connectivity index (χ1) is 8.22. The number of rotatable bonds is 2. The third-order valence-corrected chi connectivity index (χ3v) is 4.35. The van der Waals surface area contributed by atoms with E-state index in [2.05, 4.69) is 15.5 Å². The summed E-state index contributed by atoms with van der Waals surface area (Å²) in [5, 5.41) is 10.9. The van der Waals surface area contributed by atoms with Crippen LogP contribution in [-0.4, -0.2) is 23.2 Å². The molecule has 0 aromatic carbocycles. The molecule has 0 radical (unpaired) electrons. The number of aromatic nitrogens is 2. The maximum absolute atomic E-state index is 11.5. The van der Waals surface area contributed by atoms with Crippen LogP contribution in [0.15, 0.2) is 6.20 Å². The number of primary amides is 1. The zero-order valence-electron chi connectivity index (χ0n) is 9.33. The van der Waals surface area contributed by atoms with Crippen LogP contribution in [0.25, 0.3) is 10.4 Å². The number of fused-ring (bicyclic) bond motifs is 3. The summed E-state index contributed by atoms with van der Waals surface area (Å²) in [5.41, 5.74) is 9.39. The summed E-state index contributed by atoms with van der Waals surface area (Å²) in [6.45, 7) is 0. The van der Waals surface area contributed by atoms with Crippen LogP contribution in [0.2, 0.25) is 0 Å². The summed E-state index contributed by atoms with van der Waals surface area (Å²) in [5.74, 6) is -0.362. The van der Waals surface area contributed by atoms with Crippen LogP contribution in [0, 0.1) is 0 Å². The number of aromatic amines is 1. The molecule has 3 rings (SSSR count). The molecule has 0 bridgehead atoms. The van der Waals surface area contributed by atoms with Crippen LogP contribution in [0.1, 0.15) is 21.6 Å². The van der Waals surface area contributed by atoms with Gasteiger partial charge in [-0.1, -0.05) is 0 Å². The SMILES string of the molecule is CNc1sc2c(c1C(N)=O)CCc1[nH]ncc1-2. The van der Waals surface area contributed by atoms with Crippen molar-refractivity contribution in [1.29, 1.82) is 0 Å². The minimum absolute atomic E-state index is 0.362. The Morgan fingerprint density at radius 1 is 1.59 bits per heavy atom. The van der Waals surface area contributed by atoms with Crippen molar-refractivity contribution in [3.8, 4) is 10.4 Å². The predicted octanol–water partition coefficient (Wildman–Crippen LogP) is 1.38. The molecule has 2 heterocycles. The molecule has 0 spiro atoms. The number of hydrogen-bond acceptors (Lipinski definition) is 4. The molecule has 1 aliphatic rings. The molecule has 5 nitrogen and oxygen atoms in total. The van der Waals surface area contributed by atoms with Gasteiger partial charge in [-0.3, -0.25) is 9.89 Å². The first kappa shape index (κ1) is 10.3. The fraction of sp³-hybridized carbons (Fsp3) is 0.273. The summed E-state index contributed by atoms with van der Waals surface area (Å²) >= 11 is 1.57. The number of anilines is 1. The van der Waals surface area contributed by atoms with Crippen molar-refractivity contribution in [3.05, 3.63) is 23.0 Å². The normalized spacial score (nSPS) is 13.0.